The van der Waals surface area contributed by atoms with Crippen LogP contribution in [0.25, 0.3) is 0 Å². The van der Waals surface area contributed by atoms with E-state index in [-0.39, 0.29) is 5.41 Å². The molecule has 148 valence electrons. The summed E-state index contributed by atoms with van der Waals surface area (Å²) in [7, 11) is -3.22. The molecule has 0 aromatic heterocycles. The number of aryl methyl sites for hydroxylation is 1. The van der Waals surface area contributed by atoms with Crippen molar-refractivity contribution in [2.45, 2.75) is 63.3 Å². The molecule has 0 bridgehead atoms. The highest BCUT2D eigenvalue weighted by atomic mass is 32.2. The average Bonchev–Trinajstić information content (AvgIpc) is 2.92. The molecule has 2 aliphatic heterocycles. The van der Waals surface area contributed by atoms with Crippen LogP contribution in [0.5, 0.6) is 0 Å². The van der Waals surface area contributed by atoms with Crippen LogP contribution in [0.2, 0.25) is 0 Å². The van der Waals surface area contributed by atoms with Gasteiger partial charge in [0.1, 0.15) is 0 Å². The first-order valence-corrected chi connectivity index (χ1v) is 12.6. The number of piperidine rings is 1. The van der Waals surface area contributed by atoms with E-state index in [9.17, 15) is 8.42 Å². The zero-order chi connectivity index (χ0) is 18.8. The zero-order valence-corrected chi connectivity index (χ0v) is 17.5. The van der Waals surface area contributed by atoms with Gasteiger partial charge in [0.25, 0.3) is 0 Å². The van der Waals surface area contributed by atoms with Crippen molar-refractivity contribution >= 4 is 15.7 Å². The third-order valence-corrected chi connectivity index (χ3v) is 9.20. The Morgan fingerprint density at radius 1 is 1.11 bits per heavy atom. The molecule has 0 amide bonds. The molecule has 0 N–H and O–H groups in total. The maximum atomic E-state index is 12.4. The smallest absolute Gasteiger partial charge is 0.232 e. The number of sulfonamides is 1. The van der Waals surface area contributed by atoms with Gasteiger partial charge >= 0.3 is 0 Å². The third-order valence-electron chi connectivity index (χ3n) is 8.07. The molecule has 3 atom stereocenters. The van der Waals surface area contributed by atoms with Crippen molar-refractivity contribution in [3.05, 3.63) is 29.3 Å². The highest BCUT2D eigenvalue weighted by Gasteiger charge is 2.50. The largest absolute Gasteiger partial charge is 0.300 e. The summed E-state index contributed by atoms with van der Waals surface area (Å²) in [6.45, 7) is 5.00. The van der Waals surface area contributed by atoms with Crippen molar-refractivity contribution in [3.8, 4) is 0 Å². The number of hydrogen-bond acceptors (Lipinski definition) is 3. The minimum absolute atomic E-state index is 0.0106. The summed E-state index contributed by atoms with van der Waals surface area (Å²) in [6.07, 6.45) is 10.7. The predicted octanol–water partition coefficient (Wildman–Crippen LogP) is 3.69. The molecule has 1 spiro atoms. The van der Waals surface area contributed by atoms with Crippen molar-refractivity contribution < 1.29 is 8.42 Å². The van der Waals surface area contributed by atoms with Gasteiger partial charge in [-0.05, 0) is 69.2 Å². The summed E-state index contributed by atoms with van der Waals surface area (Å²) in [5, 5.41) is 0. The van der Waals surface area contributed by atoms with Gasteiger partial charge in [0, 0.05) is 18.0 Å². The fourth-order valence-corrected chi connectivity index (χ4v) is 7.49. The summed E-state index contributed by atoms with van der Waals surface area (Å²) < 4.78 is 26.5. The van der Waals surface area contributed by atoms with Crippen molar-refractivity contribution in [2.75, 3.05) is 30.2 Å². The van der Waals surface area contributed by atoms with Crippen LogP contribution in [0, 0.1) is 18.8 Å². The number of fused-ring (bicyclic) bond motifs is 3. The van der Waals surface area contributed by atoms with Gasteiger partial charge < -0.3 is 4.90 Å². The van der Waals surface area contributed by atoms with Crippen molar-refractivity contribution in [1.82, 2.24) is 4.90 Å². The predicted molar refractivity (Wildman–Crippen MR) is 110 cm³/mol. The monoisotopic (exact) mass is 388 g/mol. The summed E-state index contributed by atoms with van der Waals surface area (Å²) in [5.41, 5.74) is 3.44. The Balaban J connectivity index is 1.37. The van der Waals surface area contributed by atoms with Crippen LogP contribution in [-0.2, 0) is 15.4 Å². The van der Waals surface area contributed by atoms with Gasteiger partial charge in [-0.1, -0.05) is 37.0 Å². The Labute approximate surface area is 164 Å². The molecule has 2 saturated carbocycles. The first kappa shape index (κ1) is 18.0. The zero-order valence-electron chi connectivity index (χ0n) is 16.7. The molecule has 1 aromatic carbocycles. The topological polar surface area (TPSA) is 40.6 Å². The van der Waals surface area contributed by atoms with E-state index in [0.717, 1.165) is 49.5 Å². The molecule has 5 rings (SSSR count). The molecule has 2 aliphatic carbocycles. The fourth-order valence-electron chi connectivity index (χ4n) is 6.49. The van der Waals surface area contributed by atoms with E-state index >= 15 is 0 Å². The molecule has 3 unspecified atom stereocenters. The maximum Gasteiger partial charge on any atom is 0.232 e. The molecule has 0 radical (unpaired) electrons. The molecule has 4 nitrogen and oxygen atoms in total. The first-order valence-electron chi connectivity index (χ1n) is 10.7. The molecule has 4 aliphatic rings. The molecule has 1 saturated heterocycles. The van der Waals surface area contributed by atoms with E-state index in [4.69, 9.17) is 0 Å². The molecular weight excluding hydrogens is 356 g/mol. The second-order valence-electron chi connectivity index (χ2n) is 9.62. The highest BCUT2D eigenvalue weighted by molar-refractivity contribution is 7.92. The van der Waals surface area contributed by atoms with Gasteiger partial charge in [-0.3, -0.25) is 4.31 Å². The van der Waals surface area contributed by atoms with Crippen LogP contribution in [0.3, 0.4) is 0 Å². The number of rotatable bonds is 2. The minimum Gasteiger partial charge on any atom is -0.300 e. The van der Waals surface area contributed by atoms with E-state index in [1.165, 1.54) is 49.5 Å². The van der Waals surface area contributed by atoms with Gasteiger partial charge in [0.2, 0.25) is 10.0 Å². The van der Waals surface area contributed by atoms with Gasteiger partial charge in [0.05, 0.1) is 11.9 Å². The first-order chi connectivity index (χ1) is 12.9. The number of hydrogen-bond donors (Lipinski definition) is 0. The quantitative estimate of drug-likeness (QED) is 0.776. The lowest BCUT2D eigenvalue weighted by Crippen LogP contribution is -2.57. The summed E-state index contributed by atoms with van der Waals surface area (Å²) in [5.74, 6) is 1.94. The molecule has 5 heteroatoms. The van der Waals surface area contributed by atoms with Crippen molar-refractivity contribution in [3.63, 3.8) is 0 Å². The van der Waals surface area contributed by atoms with Crippen LogP contribution < -0.4 is 4.31 Å². The average molecular weight is 389 g/mol. The summed E-state index contributed by atoms with van der Waals surface area (Å²) in [4.78, 5) is 2.75. The number of anilines is 1. The van der Waals surface area contributed by atoms with Crippen LogP contribution in [0.4, 0.5) is 5.69 Å². The lowest BCUT2D eigenvalue weighted by molar-refractivity contribution is -0.0380. The Bertz CT molecular complexity index is 842. The second-order valence-corrected chi connectivity index (χ2v) is 11.5. The number of benzene rings is 1. The number of likely N-dealkylation sites (tertiary alicyclic amines) is 1. The van der Waals surface area contributed by atoms with Crippen molar-refractivity contribution in [1.29, 1.82) is 0 Å². The molecule has 27 heavy (non-hydrogen) atoms. The van der Waals surface area contributed by atoms with Crippen LogP contribution in [0.1, 0.15) is 56.1 Å². The standard InChI is InChI=1S/C22H32N2O2S/c1-16-7-8-20-19(13-16)22(15-24(20)27(2,25)26)9-11-23(12-10-22)21-14-17-5-3-4-6-18(17)21/h7-8,13,17-18,21H,3-6,9-12,14-15H2,1-2H3. The van der Waals surface area contributed by atoms with Crippen LogP contribution >= 0.6 is 0 Å². The molecular formula is C22H32N2O2S. The minimum atomic E-state index is -3.22. The highest BCUT2D eigenvalue weighted by Crippen LogP contribution is 2.52. The normalized spacial score (nSPS) is 32.8. The SMILES string of the molecule is Cc1ccc2c(c1)C1(CCN(C3CC4CCCCC43)CC1)CN2S(C)(=O)=O. The fraction of sp³-hybridized carbons (Fsp3) is 0.727. The van der Waals surface area contributed by atoms with Crippen LogP contribution in [-0.4, -0.2) is 45.2 Å². The Kier molecular flexibility index (Phi) is 4.14. The lowest BCUT2D eigenvalue weighted by Gasteiger charge is -2.55. The van der Waals surface area contributed by atoms with Gasteiger partial charge in [-0.15, -0.1) is 0 Å². The Hall–Kier alpha value is -1.07. The third kappa shape index (κ3) is 2.84. The number of nitrogens with zero attached hydrogens (tertiary/aromatic N) is 2. The van der Waals surface area contributed by atoms with Gasteiger partial charge in [-0.2, -0.15) is 0 Å². The van der Waals surface area contributed by atoms with Gasteiger partial charge in [0.15, 0.2) is 0 Å². The lowest BCUT2D eigenvalue weighted by atomic mass is 9.61. The maximum absolute atomic E-state index is 12.4. The second kappa shape index (κ2) is 6.21. The van der Waals surface area contributed by atoms with E-state index in [2.05, 4.69) is 17.9 Å². The molecule has 1 aromatic rings. The van der Waals surface area contributed by atoms with E-state index in [1.807, 2.05) is 12.1 Å². The van der Waals surface area contributed by atoms with E-state index in [0.29, 0.717) is 6.54 Å². The molecule has 3 fully saturated rings. The van der Waals surface area contributed by atoms with E-state index in [1.54, 1.807) is 4.31 Å². The Morgan fingerprint density at radius 3 is 2.56 bits per heavy atom. The summed E-state index contributed by atoms with van der Waals surface area (Å²) >= 11 is 0. The van der Waals surface area contributed by atoms with E-state index < -0.39 is 10.0 Å². The molecule has 2 heterocycles. The van der Waals surface area contributed by atoms with Crippen LogP contribution in [0.15, 0.2) is 18.2 Å². The van der Waals surface area contributed by atoms with Crippen molar-refractivity contribution in [2.24, 2.45) is 11.8 Å². The summed E-state index contributed by atoms with van der Waals surface area (Å²) in [6, 6.07) is 7.11. The Morgan fingerprint density at radius 2 is 1.85 bits per heavy atom. The van der Waals surface area contributed by atoms with Gasteiger partial charge in [-0.25, -0.2) is 8.42 Å².